The second-order valence-electron chi connectivity index (χ2n) is 4.27. The van der Waals surface area contributed by atoms with Gasteiger partial charge in [-0.3, -0.25) is 4.79 Å². The van der Waals surface area contributed by atoms with Crippen molar-refractivity contribution in [3.8, 4) is 6.07 Å². The maximum atomic E-state index is 11.7. The summed E-state index contributed by atoms with van der Waals surface area (Å²) in [5, 5.41) is 15.4. The van der Waals surface area contributed by atoms with Crippen molar-refractivity contribution in [3.05, 3.63) is 64.7 Å². The largest absolute Gasteiger partial charge is 0.386 e. The zero-order valence-electron chi connectivity index (χ0n) is 11.5. The van der Waals surface area contributed by atoms with E-state index in [1.165, 1.54) is 18.3 Å². The average Bonchev–Trinajstić information content (AvgIpc) is 2.53. The number of rotatable bonds is 5. The lowest BCUT2D eigenvalue weighted by molar-refractivity contribution is -0.120. The van der Waals surface area contributed by atoms with E-state index in [1.54, 1.807) is 6.07 Å². The molecule has 22 heavy (non-hydrogen) atoms. The van der Waals surface area contributed by atoms with E-state index < -0.39 is 0 Å². The number of anilines is 1. The third-order valence-corrected chi connectivity index (χ3v) is 2.96. The molecule has 0 aliphatic heterocycles. The average molecular weight is 314 g/mol. The number of hydrogen-bond acceptors (Lipinski definition) is 4. The van der Waals surface area contributed by atoms with Gasteiger partial charge in [0.1, 0.15) is 6.07 Å². The highest BCUT2D eigenvalue weighted by molar-refractivity contribution is 6.32. The quantitative estimate of drug-likeness (QED) is 0.680. The number of nitrogens with one attached hydrogen (secondary N) is 1. The highest BCUT2D eigenvalue weighted by Gasteiger charge is 2.05. The van der Waals surface area contributed by atoms with Gasteiger partial charge in [-0.1, -0.05) is 47.1 Å². The van der Waals surface area contributed by atoms with Crippen LogP contribution in [0.15, 0.2) is 53.7 Å². The Bertz CT molecular complexity index is 724. The van der Waals surface area contributed by atoms with E-state index in [2.05, 4.69) is 10.5 Å². The smallest absolute Gasteiger partial charge is 0.265 e. The lowest BCUT2D eigenvalue weighted by Gasteiger charge is -2.05. The van der Waals surface area contributed by atoms with Crippen LogP contribution in [0.2, 0.25) is 5.02 Å². The summed E-state index contributed by atoms with van der Waals surface area (Å²) in [6.45, 7) is -0.221. The number of oxime groups is 1. The highest BCUT2D eigenvalue weighted by Crippen LogP contribution is 2.20. The van der Waals surface area contributed by atoms with Gasteiger partial charge in [-0.05, 0) is 23.8 Å². The molecule has 0 radical (unpaired) electrons. The molecule has 1 amide bonds. The summed E-state index contributed by atoms with van der Waals surface area (Å²) in [5.74, 6) is -0.369. The maximum absolute atomic E-state index is 11.7. The molecule has 0 heterocycles. The molecule has 0 fully saturated rings. The van der Waals surface area contributed by atoms with Crippen molar-refractivity contribution in [1.82, 2.24) is 0 Å². The van der Waals surface area contributed by atoms with Crippen LogP contribution in [0.4, 0.5) is 5.69 Å². The van der Waals surface area contributed by atoms with Crippen molar-refractivity contribution in [3.63, 3.8) is 0 Å². The Kier molecular flexibility index (Phi) is 5.52. The second-order valence-corrected chi connectivity index (χ2v) is 4.68. The van der Waals surface area contributed by atoms with Crippen LogP contribution in [0, 0.1) is 11.3 Å². The minimum absolute atomic E-state index is 0.221. The topological polar surface area (TPSA) is 74.5 Å². The van der Waals surface area contributed by atoms with Crippen LogP contribution in [0.3, 0.4) is 0 Å². The lowest BCUT2D eigenvalue weighted by Crippen LogP contribution is -2.17. The highest BCUT2D eigenvalue weighted by atomic mass is 35.5. The summed E-state index contributed by atoms with van der Waals surface area (Å²) in [6, 6.07) is 16.0. The van der Waals surface area contributed by atoms with Gasteiger partial charge >= 0.3 is 0 Å². The van der Waals surface area contributed by atoms with Crippen LogP contribution in [-0.4, -0.2) is 18.7 Å². The zero-order chi connectivity index (χ0) is 15.8. The predicted molar refractivity (Wildman–Crippen MR) is 84.8 cm³/mol. The van der Waals surface area contributed by atoms with Crippen LogP contribution in [0.5, 0.6) is 0 Å². The van der Waals surface area contributed by atoms with E-state index >= 15 is 0 Å². The van der Waals surface area contributed by atoms with Gasteiger partial charge < -0.3 is 10.2 Å². The van der Waals surface area contributed by atoms with Crippen LogP contribution >= 0.6 is 11.6 Å². The van der Waals surface area contributed by atoms with Crippen LogP contribution in [-0.2, 0) is 9.63 Å². The third kappa shape index (κ3) is 4.62. The SMILES string of the molecule is N#Cc1ccc(NC(=O)CO/N=C/c2ccccc2)cc1Cl. The zero-order valence-corrected chi connectivity index (χ0v) is 12.2. The van der Waals surface area contributed by atoms with Crippen molar-refractivity contribution in [2.45, 2.75) is 0 Å². The Labute approximate surface area is 132 Å². The van der Waals surface area contributed by atoms with E-state index in [4.69, 9.17) is 21.7 Å². The first-order valence-electron chi connectivity index (χ1n) is 6.39. The van der Waals surface area contributed by atoms with Crippen LogP contribution in [0.25, 0.3) is 0 Å². The van der Waals surface area contributed by atoms with E-state index in [-0.39, 0.29) is 17.5 Å². The Balaban J connectivity index is 1.82. The van der Waals surface area contributed by atoms with Crippen molar-refractivity contribution < 1.29 is 9.63 Å². The fraction of sp³-hybridized carbons (Fsp3) is 0.0625. The Morgan fingerprint density at radius 2 is 2.09 bits per heavy atom. The molecule has 1 N–H and O–H groups in total. The van der Waals surface area contributed by atoms with Crippen molar-refractivity contribution >= 4 is 29.4 Å². The summed E-state index contributed by atoms with van der Waals surface area (Å²) in [7, 11) is 0. The molecule has 0 saturated carbocycles. The molecule has 0 unspecified atom stereocenters. The monoisotopic (exact) mass is 313 g/mol. The number of carbonyl (C=O) groups excluding carboxylic acids is 1. The van der Waals surface area contributed by atoms with Gasteiger partial charge in [0.05, 0.1) is 16.8 Å². The molecule has 0 saturated heterocycles. The number of nitriles is 1. The van der Waals surface area contributed by atoms with Gasteiger partial charge in [0, 0.05) is 5.69 Å². The molecule has 2 rings (SSSR count). The molecule has 0 spiro atoms. The molecule has 110 valence electrons. The number of nitrogens with zero attached hydrogens (tertiary/aromatic N) is 2. The van der Waals surface area contributed by atoms with E-state index in [1.807, 2.05) is 36.4 Å². The first-order chi connectivity index (χ1) is 10.7. The molecule has 6 heteroatoms. The summed E-state index contributed by atoms with van der Waals surface area (Å²) >= 11 is 5.88. The summed E-state index contributed by atoms with van der Waals surface area (Å²) in [5.41, 5.74) is 1.72. The Morgan fingerprint density at radius 3 is 2.77 bits per heavy atom. The van der Waals surface area contributed by atoms with Crippen molar-refractivity contribution in [1.29, 1.82) is 5.26 Å². The number of benzene rings is 2. The number of carbonyl (C=O) groups is 1. The van der Waals surface area contributed by atoms with Crippen LogP contribution < -0.4 is 5.32 Å². The standard InChI is InChI=1S/C16H12ClN3O2/c17-15-8-14(7-6-13(15)9-18)20-16(21)11-22-19-10-12-4-2-1-3-5-12/h1-8,10H,11H2,(H,20,21)/b19-10+. The minimum atomic E-state index is -0.369. The number of amides is 1. The van der Waals surface area contributed by atoms with Gasteiger partial charge in [-0.25, -0.2) is 0 Å². The third-order valence-electron chi connectivity index (χ3n) is 2.64. The molecular weight excluding hydrogens is 302 g/mol. The van der Waals surface area contributed by atoms with Gasteiger partial charge in [0.25, 0.3) is 5.91 Å². The molecular formula is C16H12ClN3O2. The summed E-state index contributed by atoms with van der Waals surface area (Å²) in [6.07, 6.45) is 1.52. The first kappa shape index (κ1) is 15.5. The minimum Gasteiger partial charge on any atom is -0.386 e. The molecule has 0 aliphatic carbocycles. The molecule has 0 atom stereocenters. The van der Waals surface area contributed by atoms with E-state index in [0.29, 0.717) is 11.3 Å². The lowest BCUT2D eigenvalue weighted by atomic mass is 10.2. The van der Waals surface area contributed by atoms with Gasteiger partial charge in [-0.15, -0.1) is 0 Å². The maximum Gasteiger partial charge on any atom is 0.265 e. The molecule has 0 bridgehead atoms. The molecule has 2 aromatic rings. The number of hydrogen-bond donors (Lipinski definition) is 1. The first-order valence-corrected chi connectivity index (χ1v) is 6.77. The summed E-state index contributed by atoms with van der Waals surface area (Å²) in [4.78, 5) is 16.6. The van der Waals surface area contributed by atoms with E-state index in [0.717, 1.165) is 5.56 Å². The Hall–Kier alpha value is -2.84. The molecule has 5 nitrogen and oxygen atoms in total. The fourth-order valence-electron chi connectivity index (χ4n) is 1.61. The second kappa shape index (κ2) is 7.81. The predicted octanol–water partition coefficient (Wildman–Crippen LogP) is 3.20. The fourth-order valence-corrected chi connectivity index (χ4v) is 1.84. The molecule has 2 aromatic carbocycles. The van der Waals surface area contributed by atoms with Gasteiger partial charge in [-0.2, -0.15) is 5.26 Å². The Morgan fingerprint density at radius 1 is 1.32 bits per heavy atom. The number of halogens is 1. The van der Waals surface area contributed by atoms with Gasteiger partial charge in [0.15, 0.2) is 6.61 Å². The van der Waals surface area contributed by atoms with Crippen LogP contribution in [0.1, 0.15) is 11.1 Å². The molecule has 0 aliphatic rings. The molecule has 0 aromatic heterocycles. The van der Waals surface area contributed by atoms with Gasteiger partial charge in [0.2, 0.25) is 0 Å². The normalized spacial score (nSPS) is 10.2. The van der Waals surface area contributed by atoms with Crippen molar-refractivity contribution in [2.24, 2.45) is 5.16 Å². The summed E-state index contributed by atoms with van der Waals surface area (Å²) < 4.78 is 0. The van der Waals surface area contributed by atoms with Crippen molar-refractivity contribution in [2.75, 3.05) is 11.9 Å². The van der Waals surface area contributed by atoms with E-state index in [9.17, 15) is 4.79 Å².